The van der Waals surface area contributed by atoms with Crippen LogP contribution >= 0.6 is 27.3 Å². The molecule has 1 aliphatic heterocycles. The van der Waals surface area contributed by atoms with Crippen molar-refractivity contribution in [2.75, 3.05) is 4.90 Å². The molecule has 2 heterocycles. The van der Waals surface area contributed by atoms with Gasteiger partial charge in [-0.3, -0.25) is 0 Å². The Labute approximate surface area is 217 Å². The van der Waals surface area contributed by atoms with Gasteiger partial charge in [0.2, 0.25) is 12.1 Å². The second-order valence-corrected chi connectivity index (χ2v) is 11.3. The van der Waals surface area contributed by atoms with E-state index in [0.717, 1.165) is 31.8 Å². The number of fused-ring (bicyclic) bond motifs is 4. The van der Waals surface area contributed by atoms with Gasteiger partial charge in [0.1, 0.15) is 4.70 Å². The number of carbonyl (C=O) groups is 1. The van der Waals surface area contributed by atoms with Gasteiger partial charge in [-0.15, -0.1) is 0 Å². The Hall–Kier alpha value is -2.96. The van der Waals surface area contributed by atoms with Crippen molar-refractivity contribution in [2.45, 2.75) is 44.3 Å². The SMILES string of the molecule is O=C(O)C[n+]1c(/C=C/c2cc(Br)c3c(c2)C2CCCC2N3Cc2ccccc2)sc2ccccc21. The number of aliphatic carboxylic acids is 1. The summed E-state index contributed by atoms with van der Waals surface area (Å²) in [5, 5.41) is 10.4. The second-order valence-electron chi connectivity index (χ2n) is 9.38. The van der Waals surface area contributed by atoms with Crippen LogP contribution in [0.4, 0.5) is 5.69 Å². The fourth-order valence-corrected chi connectivity index (χ4v) is 7.57. The molecule has 1 saturated carbocycles. The Morgan fingerprint density at radius 3 is 2.71 bits per heavy atom. The van der Waals surface area contributed by atoms with Crippen molar-refractivity contribution in [3.8, 4) is 0 Å². The first kappa shape index (κ1) is 22.5. The van der Waals surface area contributed by atoms with E-state index in [1.807, 2.05) is 28.8 Å². The summed E-state index contributed by atoms with van der Waals surface area (Å²) in [5.41, 5.74) is 6.22. The molecule has 1 fully saturated rings. The molecule has 2 unspecified atom stereocenters. The molecule has 6 heteroatoms. The summed E-state index contributed by atoms with van der Waals surface area (Å²) in [6.45, 7) is 0.884. The Kier molecular flexibility index (Phi) is 5.94. The van der Waals surface area contributed by atoms with Gasteiger partial charge in [0.05, 0.1) is 5.69 Å². The van der Waals surface area contributed by atoms with Gasteiger partial charge >= 0.3 is 5.97 Å². The first-order valence-corrected chi connectivity index (χ1v) is 13.6. The lowest BCUT2D eigenvalue weighted by Gasteiger charge is -2.28. The normalized spacial score (nSPS) is 18.9. The van der Waals surface area contributed by atoms with Crippen LogP contribution in [0.15, 0.2) is 71.2 Å². The highest BCUT2D eigenvalue weighted by molar-refractivity contribution is 9.10. The van der Waals surface area contributed by atoms with Gasteiger partial charge in [-0.2, -0.15) is 4.57 Å². The number of thiazole rings is 1. The van der Waals surface area contributed by atoms with E-state index in [1.54, 1.807) is 11.3 Å². The average Bonchev–Trinajstić information content (AvgIpc) is 3.53. The number of hydrogen-bond donors (Lipinski definition) is 1. The summed E-state index contributed by atoms with van der Waals surface area (Å²) in [7, 11) is 0. The molecular formula is C29H26BrN2O2S+. The predicted molar refractivity (Wildman–Crippen MR) is 146 cm³/mol. The van der Waals surface area contributed by atoms with Crippen molar-refractivity contribution in [3.05, 3.63) is 92.9 Å². The van der Waals surface area contributed by atoms with Crippen LogP contribution in [0, 0.1) is 0 Å². The summed E-state index contributed by atoms with van der Waals surface area (Å²) in [6, 6.07) is 23.8. The molecular weight excluding hydrogens is 520 g/mol. The number of nitrogens with zero attached hydrogens (tertiary/aromatic N) is 2. The van der Waals surface area contributed by atoms with Crippen molar-refractivity contribution in [2.24, 2.45) is 0 Å². The lowest BCUT2D eigenvalue weighted by Crippen LogP contribution is -2.39. The Balaban J connectivity index is 1.36. The molecule has 4 aromatic rings. The van der Waals surface area contributed by atoms with E-state index in [2.05, 4.69) is 75.4 Å². The summed E-state index contributed by atoms with van der Waals surface area (Å²) in [6.07, 6.45) is 7.93. The summed E-state index contributed by atoms with van der Waals surface area (Å²) in [4.78, 5) is 14.1. The molecule has 0 spiro atoms. The molecule has 35 heavy (non-hydrogen) atoms. The van der Waals surface area contributed by atoms with Crippen LogP contribution in [-0.4, -0.2) is 17.1 Å². The first-order valence-electron chi connectivity index (χ1n) is 12.0. The predicted octanol–water partition coefficient (Wildman–Crippen LogP) is 6.86. The molecule has 0 amide bonds. The Morgan fingerprint density at radius 1 is 1.09 bits per heavy atom. The smallest absolute Gasteiger partial charge is 0.370 e. The quantitative estimate of drug-likeness (QED) is 0.269. The van der Waals surface area contributed by atoms with Gasteiger partial charge < -0.3 is 10.0 Å². The third-order valence-electron chi connectivity index (χ3n) is 7.23. The number of anilines is 1. The highest BCUT2D eigenvalue weighted by Crippen LogP contribution is 2.52. The van der Waals surface area contributed by atoms with E-state index in [0.29, 0.717) is 12.0 Å². The average molecular weight is 547 g/mol. The van der Waals surface area contributed by atoms with Crippen molar-refractivity contribution in [3.63, 3.8) is 0 Å². The van der Waals surface area contributed by atoms with Gasteiger partial charge in [0, 0.05) is 35.1 Å². The molecule has 6 rings (SSSR count). The third kappa shape index (κ3) is 4.19. The second kappa shape index (κ2) is 9.25. The van der Waals surface area contributed by atoms with Crippen LogP contribution in [0.2, 0.25) is 0 Å². The topological polar surface area (TPSA) is 44.4 Å². The zero-order valence-corrected chi connectivity index (χ0v) is 21.6. The van der Waals surface area contributed by atoms with Crippen molar-refractivity contribution in [1.82, 2.24) is 0 Å². The molecule has 2 aliphatic rings. The van der Waals surface area contributed by atoms with Crippen LogP contribution in [0.1, 0.15) is 46.9 Å². The fraction of sp³-hybridized carbons (Fsp3) is 0.241. The number of benzene rings is 3. The summed E-state index contributed by atoms with van der Waals surface area (Å²) < 4.78 is 4.11. The maximum Gasteiger partial charge on any atom is 0.370 e. The zero-order valence-electron chi connectivity index (χ0n) is 19.2. The van der Waals surface area contributed by atoms with Crippen LogP contribution in [-0.2, 0) is 17.9 Å². The van der Waals surface area contributed by atoms with Crippen LogP contribution in [0.25, 0.3) is 22.4 Å². The number of hydrogen-bond acceptors (Lipinski definition) is 3. The highest BCUT2D eigenvalue weighted by atomic mass is 79.9. The van der Waals surface area contributed by atoms with Crippen LogP contribution in [0.3, 0.4) is 0 Å². The number of rotatable bonds is 6. The standard InChI is InChI=1S/C29H25BrN2O2S/c30-23-16-20(13-14-27-31(18-28(33)34)25-10-4-5-12-26(25)35-27)15-22-21-9-6-11-24(21)32(29(22)23)17-19-7-2-1-3-8-19/h1-5,7-8,10,12-16,21,24H,6,9,11,17-18H2/p+1. The van der Waals surface area contributed by atoms with Crippen LogP contribution < -0.4 is 9.47 Å². The molecule has 0 saturated heterocycles. The minimum Gasteiger partial charge on any atom is -0.477 e. The number of carboxylic acid groups (broad SMARTS) is 1. The Morgan fingerprint density at radius 2 is 1.89 bits per heavy atom. The lowest BCUT2D eigenvalue weighted by molar-refractivity contribution is -0.657. The minimum absolute atomic E-state index is 0.0459. The van der Waals surface area contributed by atoms with E-state index < -0.39 is 5.97 Å². The van der Waals surface area contributed by atoms with Crippen molar-refractivity contribution < 1.29 is 14.5 Å². The maximum absolute atomic E-state index is 11.5. The van der Waals surface area contributed by atoms with Crippen molar-refractivity contribution >= 4 is 61.3 Å². The monoisotopic (exact) mass is 545 g/mol. The van der Waals surface area contributed by atoms with Gasteiger partial charge in [-0.25, -0.2) is 4.79 Å². The van der Waals surface area contributed by atoms with Crippen LogP contribution in [0.5, 0.6) is 0 Å². The molecule has 3 aromatic carbocycles. The zero-order chi connectivity index (χ0) is 23.9. The number of aromatic nitrogens is 1. The van der Waals surface area contributed by atoms with Gasteiger partial charge in [-0.05, 0) is 69.7 Å². The molecule has 4 nitrogen and oxygen atoms in total. The summed E-state index contributed by atoms with van der Waals surface area (Å²) in [5.74, 6) is -0.265. The molecule has 1 aromatic heterocycles. The van der Waals surface area contributed by atoms with Gasteiger partial charge in [0.15, 0.2) is 0 Å². The lowest BCUT2D eigenvalue weighted by atomic mass is 9.96. The van der Waals surface area contributed by atoms with E-state index in [1.165, 1.54) is 36.1 Å². The third-order valence-corrected chi connectivity index (χ3v) is 8.96. The largest absolute Gasteiger partial charge is 0.477 e. The number of halogens is 1. The molecule has 1 N–H and O–H groups in total. The van der Waals surface area contributed by atoms with Crippen molar-refractivity contribution in [1.29, 1.82) is 0 Å². The van der Waals surface area contributed by atoms with E-state index in [-0.39, 0.29) is 6.54 Å². The van der Waals surface area contributed by atoms with Gasteiger partial charge in [0.25, 0.3) is 5.01 Å². The first-order chi connectivity index (χ1) is 17.1. The molecule has 2 atom stereocenters. The van der Waals surface area contributed by atoms with E-state index in [4.69, 9.17) is 0 Å². The molecule has 0 bridgehead atoms. The van der Waals surface area contributed by atoms with E-state index in [9.17, 15) is 9.90 Å². The molecule has 1 aliphatic carbocycles. The maximum atomic E-state index is 11.5. The minimum atomic E-state index is -0.834. The number of para-hydroxylation sites is 1. The molecule has 0 radical (unpaired) electrons. The summed E-state index contributed by atoms with van der Waals surface area (Å²) >= 11 is 5.53. The highest BCUT2D eigenvalue weighted by Gasteiger charge is 2.42. The number of carboxylic acids is 1. The Bertz CT molecular complexity index is 1450. The van der Waals surface area contributed by atoms with E-state index >= 15 is 0 Å². The fourth-order valence-electron chi connectivity index (χ4n) is 5.79. The molecule has 176 valence electrons. The van der Waals surface area contributed by atoms with Gasteiger partial charge in [-0.1, -0.05) is 60.2 Å².